The highest BCUT2D eigenvalue weighted by Crippen LogP contribution is 2.28. The molecule has 0 fully saturated rings. The fourth-order valence-electron chi connectivity index (χ4n) is 1.46. The minimum atomic E-state index is -0.624. The monoisotopic (exact) mass is 235 g/mol. The van der Waals surface area contributed by atoms with Crippen LogP contribution in [-0.4, -0.2) is 17.2 Å². The van der Waals surface area contributed by atoms with E-state index in [0.29, 0.717) is 5.75 Å². The van der Waals surface area contributed by atoms with E-state index in [9.17, 15) is 5.11 Å². The van der Waals surface area contributed by atoms with Crippen molar-refractivity contribution in [2.24, 2.45) is 0 Å². The largest absolute Gasteiger partial charge is 0.495 e. The van der Waals surface area contributed by atoms with E-state index in [-0.39, 0.29) is 0 Å². The summed E-state index contributed by atoms with van der Waals surface area (Å²) >= 11 is 1.59. The fraction of sp³-hybridized carbons (Fsp3) is 0.250. The van der Waals surface area contributed by atoms with Crippen LogP contribution < -0.4 is 4.74 Å². The molecule has 2 aromatic heterocycles. The van der Waals surface area contributed by atoms with E-state index in [1.165, 1.54) is 4.88 Å². The van der Waals surface area contributed by atoms with Crippen LogP contribution in [0.5, 0.6) is 5.75 Å². The number of aliphatic hydroxyl groups is 1. The molecule has 0 aliphatic heterocycles. The minimum Gasteiger partial charge on any atom is -0.495 e. The van der Waals surface area contributed by atoms with Crippen molar-refractivity contribution >= 4 is 11.3 Å². The maximum atomic E-state index is 10.1. The van der Waals surface area contributed by atoms with Crippen LogP contribution in [0.1, 0.15) is 21.4 Å². The second kappa shape index (κ2) is 4.63. The summed E-state index contributed by atoms with van der Waals surface area (Å²) in [6, 6.07) is 5.73. The number of pyridine rings is 1. The van der Waals surface area contributed by atoms with E-state index in [0.717, 1.165) is 10.4 Å². The predicted octanol–water partition coefficient (Wildman–Crippen LogP) is 2.54. The average molecular weight is 235 g/mol. The Kier molecular flexibility index (Phi) is 3.22. The number of nitrogens with zero attached hydrogens (tertiary/aromatic N) is 1. The van der Waals surface area contributed by atoms with E-state index in [1.807, 2.05) is 19.1 Å². The first-order chi connectivity index (χ1) is 7.70. The highest BCUT2D eigenvalue weighted by molar-refractivity contribution is 7.12. The van der Waals surface area contributed by atoms with E-state index in [1.54, 1.807) is 36.9 Å². The summed E-state index contributed by atoms with van der Waals surface area (Å²) in [6.07, 6.45) is 2.65. The zero-order valence-electron chi connectivity index (χ0n) is 9.18. The predicted molar refractivity (Wildman–Crippen MR) is 63.9 cm³/mol. The first-order valence-electron chi connectivity index (χ1n) is 4.94. The third kappa shape index (κ3) is 2.23. The molecule has 2 heterocycles. The van der Waals surface area contributed by atoms with Gasteiger partial charge in [-0.05, 0) is 25.1 Å². The summed E-state index contributed by atoms with van der Waals surface area (Å²) in [5, 5.41) is 10.1. The molecule has 0 aliphatic rings. The van der Waals surface area contributed by atoms with Crippen molar-refractivity contribution in [2.75, 3.05) is 7.11 Å². The van der Waals surface area contributed by atoms with E-state index in [2.05, 4.69) is 4.98 Å². The highest BCUT2D eigenvalue weighted by Gasteiger charge is 2.13. The van der Waals surface area contributed by atoms with Gasteiger partial charge in [0.1, 0.15) is 11.9 Å². The molecule has 1 unspecified atom stereocenters. The Morgan fingerprint density at radius 1 is 1.38 bits per heavy atom. The van der Waals surface area contributed by atoms with Crippen LogP contribution in [0.3, 0.4) is 0 Å². The van der Waals surface area contributed by atoms with Crippen molar-refractivity contribution in [1.29, 1.82) is 0 Å². The number of ether oxygens (including phenoxy) is 1. The molecule has 3 nitrogen and oxygen atoms in total. The van der Waals surface area contributed by atoms with Crippen molar-refractivity contribution in [3.63, 3.8) is 0 Å². The van der Waals surface area contributed by atoms with Crippen molar-refractivity contribution in [3.8, 4) is 5.75 Å². The number of methoxy groups -OCH3 is 1. The molecule has 0 saturated heterocycles. The first-order valence-corrected chi connectivity index (χ1v) is 5.75. The lowest BCUT2D eigenvalue weighted by atomic mass is 10.1. The van der Waals surface area contributed by atoms with Gasteiger partial charge in [-0.3, -0.25) is 4.98 Å². The van der Waals surface area contributed by atoms with Crippen LogP contribution >= 0.6 is 11.3 Å². The Morgan fingerprint density at radius 2 is 2.19 bits per heavy atom. The van der Waals surface area contributed by atoms with Gasteiger partial charge in [0.05, 0.1) is 13.3 Å². The summed E-state index contributed by atoms with van der Waals surface area (Å²) in [5.41, 5.74) is 0.751. The number of aryl methyl sites for hydroxylation is 1. The van der Waals surface area contributed by atoms with Crippen LogP contribution in [0.4, 0.5) is 0 Å². The van der Waals surface area contributed by atoms with Crippen molar-refractivity contribution in [1.82, 2.24) is 4.98 Å². The summed E-state index contributed by atoms with van der Waals surface area (Å²) in [6.45, 7) is 2.02. The standard InChI is InChI=1S/C12H13NO2S/c1-8-3-4-11(16-8)12(14)9-5-10(15-2)7-13-6-9/h3-7,12,14H,1-2H3. The summed E-state index contributed by atoms with van der Waals surface area (Å²) in [4.78, 5) is 6.14. The molecule has 16 heavy (non-hydrogen) atoms. The molecule has 84 valence electrons. The molecule has 2 aromatic rings. The topological polar surface area (TPSA) is 42.4 Å². The van der Waals surface area contributed by atoms with Gasteiger partial charge in [0.25, 0.3) is 0 Å². The van der Waals surface area contributed by atoms with E-state index >= 15 is 0 Å². The van der Waals surface area contributed by atoms with Gasteiger partial charge in [-0.25, -0.2) is 0 Å². The highest BCUT2D eigenvalue weighted by atomic mass is 32.1. The molecular weight excluding hydrogens is 222 g/mol. The Morgan fingerprint density at radius 3 is 2.81 bits per heavy atom. The van der Waals surface area contributed by atoms with E-state index < -0.39 is 6.10 Å². The summed E-state index contributed by atoms with van der Waals surface area (Å²) in [7, 11) is 1.59. The molecule has 2 rings (SSSR count). The van der Waals surface area contributed by atoms with Crippen LogP contribution in [0.2, 0.25) is 0 Å². The molecule has 0 spiro atoms. The lowest BCUT2D eigenvalue weighted by Crippen LogP contribution is -1.98. The van der Waals surface area contributed by atoms with Gasteiger partial charge in [-0.1, -0.05) is 0 Å². The third-order valence-electron chi connectivity index (χ3n) is 2.32. The van der Waals surface area contributed by atoms with Gasteiger partial charge < -0.3 is 9.84 Å². The van der Waals surface area contributed by atoms with Crippen LogP contribution in [0.15, 0.2) is 30.6 Å². The Labute approximate surface area is 98.4 Å². The summed E-state index contributed by atoms with van der Waals surface area (Å²) < 4.78 is 5.08. The van der Waals surface area contributed by atoms with Gasteiger partial charge in [-0.2, -0.15) is 0 Å². The first kappa shape index (κ1) is 11.1. The molecule has 0 saturated carbocycles. The van der Waals surface area contributed by atoms with Crippen LogP contribution in [-0.2, 0) is 0 Å². The Bertz CT molecular complexity index is 481. The second-order valence-electron chi connectivity index (χ2n) is 3.51. The molecule has 1 atom stereocenters. The number of rotatable bonds is 3. The molecular formula is C12H13NO2S. The van der Waals surface area contributed by atoms with Gasteiger partial charge in [-0.15, -0.1) is 11.3 Å². The van der Waals surface area contributed by atoms with Gasteiger partial charge >= 0.3 is 0 Å². The summed E-state index contributed by atoms with van der Waals surface area (Å²) in [5.74, 6) is 0.657. The fourth-order valence-corrected chi connectivity index (χ4v) is 2.35. The van der Waals surface area contributed by atoms with Gasteiger partial charge in [0.2, 0.25) is 0 Å². The Balaban J connectivity index is 2.29. The number of thiophene rings is 1. The molecule has 0 aromatic carbocycles. The molecule has 0 radical (unpaired) electrons. The second-order valence-corrected chi connectivity index (χ2v) is 4.83. The quantitative estimate of drug-likeness (QED) is 0.889. The molecule has 0 bridgehead atoms. The maximum Gasteiger partial charge on any atom is 0.137 e. The molecule has 0 aliphatic carbocycles. The number of hydrogen-bond acceptors (Lipinski definition) is 4. The third-order valence-corrected chi connectivity index (χ3v) is 3.37. The van der Waals surface area contributed by atoms with E-state index in [4.69, 9.17) is 4.74 Å². The van der Waals surface area contributed by atoms with Crippen LogP contribution in [0, 0.1) is 6.92 Å². The average Bonchev–Trinajstić information content (AvgIpc) is 2.75. The number of aromatic nitrogens is 1. The smallest absolute Gasteiger partial charge is 0.137 e. The minimum absolute atomic E-state index is 0.624. The van der Waals surface area contributed by atoms with Crippen molar-refractivity contribution in [3.05, 3.63) is 45.9 Å². The SMILES string of the molecule is COc1cncc(C(O)c2ccc(C)s2)c1. The van der Waals surface area contributed by atoms with Crippen molar-refractivity contribution in [2.45, 2.75) is 13.0 Å². The zero-order valence-corrected chi connectivity index (χ0v) is 9.99. The number of hydrogen-bond donors (Lipinski definition) is 1. The lowest BCUT2D eigenvalue weighted by molar-refractivity contribution is 0.223. The normalized spacial score (nSPS) is 12.4. The molecule has 1 N–H and O–H groups in total. The zero-order chi connectivity index (χ0) is 11.5. The maximum absolute atomic E-state index is 10.1. The Hall–Kier alpha value is -1.39. The van der Waals surface area contributed by atoms with Gasteiger partial charge in [0, 0.05) is 21.5 Å². The van der Waals surface area contributed by atoms with Crippen LogP contribution in [0.25, 0.3) is 0 Å². The molecule has 4 heteroatoms. The van der Waals surface area contributed by atoms with Crippen molar-refractivity contribution < 1.29 is 9.84 Å². The lowest BCUT2D eigenvalue weighted by Gasteiger charge is -2.09. The number of aliphatic hydroxyl groups excluding tert-OH is 1. The molecule has 0 amide bonds. The van der Waals surface area contributed by atoms with Gasteiger partial charge in [0.15, 0.2) is 0 Å².